The first-order valence-electron chi connectivity index (χ1n) is 10.1. The van der Waals surface area contributed by atoms with Crippen LogP contribution in [0.15, 0.2) is 48.7 Å². The summed E-state index contributed by atoms with van der Waals surface area (Å²) in [5.74, 6) is 0.550. The highest BCUT2D eigenvalue weighted by Crippen LogP contribution is 2.21. The number of piperidine rings is 1. The molecular weight excluding hydrogens is 368 g/mol. The summed E-state index contributed by atoms with van der Waals surface area (Å²) in [4.78, 5) is 32.4. The summed E-state index contributed by atoms with van der Waals surface area (Å²) in [6, 6.07) is 13.3. The molecule has 0 unspecified atom stereocenters. The summed E-state index contributed by atoms with van der Waals surface area (Å²) >= 11 is 0. The van der Waals surface area contributed by atoms with Crippen LogP contribution in [0, 0.1) is 0 Å². The first-order valence-corrected chi connectivity index (χ1v) is 10.1. The second-order valence-electron chi connectivity index (χ2n) is 7.52. The van der Waals surface area contributed by atoms with Gasteiger partial charge in [-0.3, -0.25) is 19.5 Å². The van der Waals surface area contributed by atoms with E-state index in [9.17, 15) is 9.59 Å². The lowest BCUT2D eigenvalue weighted by molar-refractivity contribution is -0.123. The van der Waals surface area contributed by atoms with E-state index in [1.807, 2.05) is 30.5 Å². The lowest BCUT2D eigenvalue weighted by atomic mass is 10.1. The predicted octanol–water partition coefficient (Wildman–Crippen LogP) is 1.70. The van der Waals surface area contributed by atoms with E-state index in [2.05, 4.69) is 21.3 Å². The number of aromatic nitrogens is 1. The van der Waals surface area contributed by atoms with E-state index in [4.69, 9.17) is 4.74 Å². The van der Waals surface area contributed by atoms with E-state index in [0.29, 0.717) is 18.7 Å². The predicted molar refractivity (Wildman–Crippen MR) is 109 cm³/mol. The molecule has 1 aromatic carbocycles. The summed E-state index contributed by atoms with van der Waals surface area (Å²) in [7, 11) is 0. The fourth-order valence-corrected chi connectivity index (χ4v) is 3.77. The van der Waals surface area contributed by atoms with E-state index in [0.717, 1.165) is 43.9 Å². The summed E-state index contributed by atoms with van der Waals surface area (Å²) in [5.41, 5.74) is 1.68. The summed E-state index contributed by atoms with van der Waals surface area (Å²) in [5, 5.41) is 2.73. The molecule has 0 aliphatic carbocycles. The van der Waals surface area contributed by atoms with Gasteiger partial charge in [-0.25, -0.2) is 0 Å². The normalized spacial score (nSPS) is 18.3. The van der Waals surface area contributed by atoms with E-state index in [-0.39, 0.29) is 24.5 Å². The SMILES string of the molecule is O=C1CN(C(=O)c2ccc(OC3CCN(Cc4ccccn4)CC3)cc2)CCN1. The van der Waals surface area contributed by atoms with Crippen molar-refractivity contribution in [2.45, 2.75) is 25.5 Å². The Labute approximate surface area is 170 Å². The van der Waals surface area contributed by atoms with Gasteiger partial charge in [0.25, 0.3) is 5.91 Å². The number of hydrogen-bond donors (Lipinski definition) is 1. The van der Waals surface area contributed by atoms with Crippen molar-refractivity contribution in [1.29, 1.82) is 0 Å². The van der Waals surface area contributed by atoms with Crippen molar-refractivity contribution in [3.63, 3.8) is 0 Å². The molecule has 2 amide bonds. The number of nitrogens with one attached hydrogen (secondary N) is 1. The molecule has 1 N–H and O–H groups in total. The molecule has 7 nitrogen and oxygen atoms in total. The average Bonchev–Trinajstić information content (AvgIpc) is 2.76. The van der Waals surface area contributed by atoms with Crippen LogP contribution in [0.2, 0.25) is 0 Å². The minimum Gasteiger partial charge on any atom is -0.490 e. The summed E-state index contributed by atoms with van der Waals surface area (Å²) < 4.78 is 6.12. The molecule has 2 saturated heterocycles. The molecule has 0 bridgehead atoms. The number of amides is 2. The lowest BCUT2D eigenvalue weighted by Crippen LogP contribution is -2.49. The van der Waals surface area contributed by atoms with Crippen molar-refractivity contribution in [1.82, 2.24) is 20.1 Å². The second kappa shape index (κ2) is 9.05. The van der Waals surface area contributed by atoms with Crippen molar-refractivity contribution in [3.05, 3.63) is 59.9 Å². The standard InChI is InChI=1S/C22H26N4O3/c27-21-16-26(14-11-24-21)22(28)17-4-6-19(7-5-17)29-20-8-12-25(13-9-20)15-18-3-1-2-10-23-18/h1-7,10,20H,8-9,11-16H2,(H,24,27). The van der Waals surface area contributed by atoms with Gasteiger partial charge >= 0.3 is 0 Å². The molecule has 1 aromatic heterocycles. The molecule has 7 heteroatoms. The van der Waals surface area contributed by atoms with E-state index >= 15 is 0 Å². The molecule has 2 aromatic rings. The van der Waals surface area contributed by atoms with E-state index in [1.165, 1.54) is 0 Å². The van der Waals surface area contributed by atoms with Crippen molar-refractivity contribution in [3.8, 4) is 5.75 Å². The smallest absolute Gasteiger partial charge is 0.254 e. The molecule has 0 spiro atoms. The Bertz CT molecular complexity index is 833. The number of carbonyl (C=O) groups excluding carboxylic acids is 2. The number of pyridine rings is 1. The van der Waals surface area contributed by atoms with Crippen LogP contribution in [0.4, 0.5) is 0 Å². The molecule has 0 radical (unpaired) electrons. The molecule has 3 heterocycles. The quantitative estimate of drug-likeness (QED) is 0.836. The van der Waals surface area contributed by atoms with Crippen LogP contribution in [0.3, 0.4) is 0 Å². The van der Waals surface area contributed by atoms with Gasteiger partial charge in [-0.2, -0.15) is 0 Å². The number of carbonyl (C=O) groups is 2. The highest BCUT2D eigenvalue weighted by Gasteiger charge is 2.23. The maximum atomic E-state index is 12.5. The number of rotatable bonds is 5. The fourth-order valence-electron chi connectivity index (χ4n) is 3.77. The number of hydrogen-bond acceptors (Lipinski definition) is 5. The van der Waals surface area contributed by atoms with Gasteiger partial charge in [0.2, 0.25) is 5.91 Å². The lowest BCUT2D eigenvalue weighted by Gasteiger charge is -2.32. The van der Waals surface area contributed by atoms with Gasteiger partial charge in [0.1, 0.15) is 11.9 Å². The third-order valence-corrected chi connectivity index (χ3v) is 5.38. The number of ether oxygens (including phenoxy) is 1. The number of nitrogens with zero attached hydrogens (tertiary/aromatic N) is 3. The molecule has 0 atom stereocenters. The van der Waals surface area contributed by atoms with Gasteiger partial charge in [0, 0.05) is 44.5 Å². The number of piperazine rings is 1. The highest BCUT2D eigenvalue weighted by molar-refractivity contribution is 5.97. The molecule has 0 saturated carbocycles. The van der Waals surface area contributed by atoms with Crippen LogP contribution in [-0.4, -0.2) is 65.4 Å². The number of likely N-dealkylation sites (tertiary alicyclic amines) is 1. The Kier molecular flexibility index (Phi) is 6.05. The zero-order valence-electron chi connectivity index (χ0n) is 16.4. The zero-order valence-corrected chi connectivity index (χ0v) is 16.4. The molecule has 4 rings (SSSR count). The Morgan fingerprint density at radius 1 is 1.10 bits per heavy atom. The molecule has 29 heavy (non-hydrogen) atoms. The molecular formula is C22H26N4O3. The molecule has 2 aliphatic heterocycles. The Hall–Kier alpha value is -2.93. The largest absolute Gasteiger partial charge is 0.490 e. The minimum absolute atomic E-state index is 0.112. The van der Waals surface area contributed by atoms with Crippen LogP contribution in [0.25, 0.3) is 0 Å². The van der Waals surface area contributed by atoms with Crippen LogP contribution in [0.1, 0.15) is 28.9 Å². The van der Waals surface area contributed by atoms with Gasteiger partial charge in [0.15, 0.2) is 0 Å². The fraction of sp³-hybridized carbons (Fsp3) is 0.409. The van der Waals surface area contributed by atoms with Crippen LogP contribution >= 0.6 is 0 Å². The van der Waals surface area contributed by atoms with E-state index < -0.39 is 0 Å². The monoisotopic (exact) mass is 394 g/mol. The van der Waals surface area contributed by atoms with Crippen molar-refractivity contribution >= 4 is 11.8 Å². The topological polar surface area (TPSA) is 74.8 Å². The maximum Gasteiger partial charge on any atom is 0.254 e. The highest BCUT2D eigenvalue weighted by atomic mass is 16.5. The van der Waals surface area contributed by atoms with Crippen LogP contribution in [0.5, 0.6) is 5.75 Å². The van der Waals surface area contributed by atoms with Crippen LogP contribution in [-0.2, 0) is 11.3 Å². The van der Waals surface area contributed by atoms with Gasteiger partial charge in [0.05, 0.1) is 12.2 Å². The first-order chi connectivity index (χ1) is 14.2. The Morgan fingerprint density at radius 3 is 2.59 bits per heavy atom. The maximum absolute atomic E-state index is 12.5. The van der Waals surface area contributed by atoms with E-state index in [1.54, 1.807) is 17.0 Å². The Morgan fingerprint density at radius 2 is 1.90 bits per heavy atom. The zero-order chi connectivity index (χ0) is 20.1. The Balaban J connectivity index is 1.26. The number of benzene rings is 1. The third-order valence-electron chi connectivity index (χ3n) is 5.38. The second-order valence-corrected chi connectivity index (χ2v) is 7.52. The van der Waals surface area contributed by atoms with Crippen molar-refractivity contribution < 1.29 is 14.3 Å². The third kappa shape index (κ3) is 5.12. The first kappa shape index (κ1) is 19.4. The summed E-state index contributed by atoms with van der Waals surface area (Å²) in [6.45, 7) is 4.00. The van der Waals surface area contributed by atoms with Gasteiger partial charge < -0.3 is 15.0 Å². The molecule has 152 valence electrons. The minimum atomic E-state index is -0.116. The van der Waals surface area contributed by atoms with Gasteiger partial charge in [-0.1, -0.05) is 6.07 Å². The molecule has 2 fully saturated rings. The average molecular weight is 394 g/mol. The van der Waals surface area contributed by atoms with Crippen molar-refractivity contribution in [2.75, 3.05) is 32.7 Å². The van der Waals surface area contributed by atoms with Crippen LogP contribution < -0.4 is 10.1 Å². The molecule has 2 aliphatic rings. The van der Waals surface area contributed by atoms with Crippen molar-refractivity contribution in [2.24, 2.45) is 0 Å². The van der Waals surface area contributed by atoms with Gasteiger partial charge in [-0.05, 0) is 49.2 Å². The summed E-state index contributed by atoms with van der Waals surface area (Å²) in [6.07, 6.45) is 3.95. The van der Waals surface area contributed by atoms with Gasteiger partial charge in [-0.15, -0.1) is 0 Å².